The second-order valence-corrected chi connectivity index (χ2v) is 10.7. The van der Waals surface area contributed by atoms with E-state index >= 15 is 0 Å². The molecule has 2 aromatic heterocycles. The molecule has 1 aromatic carbocycles. The lowest BCUT2D eigenvalue weighted by Gasteiger charge is -2.33. The number of aromatic nitrogens is 3. The predicted molar refractivity (Wildman–Crippen MR) is 137 cm³/mol. The molecular formula is C27H33F3N4O4. The first kappa shape index (κ1) is 27.7. The molecule has 0 saturated carbocycles. The quantitative estimate of drug-likeness (QED) is 0.440. The molecule has 0 atom stereocenters. The molecule has 1 saturated heterocycles. The smallest absolute Gasteiger partial charge is 0.444 e. The summed E-state index contributed by atoms with van der Waals surface area (Å²) >= 11 is 0. The van der Waals surface area contributed by atoms with Gasteiger partial charge in [-0.3, -0.25) is 9.53 Å². The molecule has 0 aliphatic carbocycles. The van der Waals surface area contributed by atoms with Crippen LogP contribution < -0.4 is 5.56 Å². The number of hydrogen-bond donors (Lipinski definition) is 0. The van der Waals surface area contributed by atoms with Gasteiger partial charge < -0.3 is 18.8 Å². The first-order valence-electron chi connectivity index (χ1n) is 12.6. The van der Waals surface area contributed by atoms with Crippen molar-refractivity contribution < 1.29 is 27.4 Å². The number of carbonyl (C=O) groups excluding carboxylic acids is 1. The number of imidazole rings is 1. The summed E-state index contributed by atoms with van der Waals surface area (Å²) in [6.45, 7) is 7.52. The Morgan fingerprint density at radius 1 is 1.11 bits per heavy atom. The van der Waals surface area contributed by atoms with Crippen LogP contribution in [0.4, 0.5) is 18.0 Å². The zero-order valence-electron chi connectivity index (χ0n) is 22.3. The molecule has 1 aliphatic heterocycles. The Kier molecular flexibility index (Phi) is 7.60. The van der Waals surface area contributed by atoms with Crippen molar-refractivity contribution in [2.75, 3.05) is 19.7 Å². The van der Waals surface area contributed by atoms with Crippen LogP contribution >= 0.6 is 0 Å². The molecular weight excluding hydrogens is 501 g/mol. The van der Waals surface area contributed by atoms with Gasteiger partial charge >= 0.3 is 12.5 Å². The van der Waals surface area contributed by atoms with Crippen molar-refractivity contribution in [2.45, 2.75) is 65.0 Å². The highest BCUT2D eigenvalue weighted by atomic mass is 19.4. The Morgan fingerprint density at radius 2 is 1.79 bits per heavy atom. The van der Waals surface area contributed by atoms with Crippen LogP contribution in [0.15, 0.2) is 35.3 Å². The maximum absolute atomic E-state index is 12.8. The normalized spacial score (nSPS) is 15.3. The topological polar surface area (TPSA) is 78.6 Å². The summed E-state index contributed by atoms with van der Waals surface area (Å²) in [6.07, 6.45) is -2.16. The largest absolute Gasteiger partial charge is 0.522 e. The van der Waals surface area contributed by atoms with E-state index in [-0.39, 0.29) is 24.1 Å². The van der Waals surface area contributed by atoms with E-state index in [1.54, 1.807) is 35.7 Å². The Balaban J connectivity index is 1.65. The number of benzene rings is 1. The van der Waals surface area contributed by atoms with Crippen molar-refractivity contribution in [1.82, 2.24) is 19.0 Å². The van der Waals surface area contributed by atoms with Crippen molar-refractivity contribution in [3.05, 3.63) is 52.2 Å². The van der Waals surface area contributed by atoms with Gasteiger partial charge in [0.2, 0.25) is 0 Å². The molecule has 206 valence electrons. The van der Waals surface area contributed by atoms with Crippen LogP contribution in [0.5, 0.6) is 0 Å². The molecule has 0 N–H and O–H groups in total. The average molecular weight is 535 g/mol. The number of hydrogen-bond acceptors (Lipinski definition) is 5. The Morgan fingerprint density at radius 3 is 2.39 bits per heavy atom. The van der Waals surface area contributed by atoms with Crippen molar-refractivity contribution in [3.8, 4) is 11.1 Å². The maximum atomic E-state index is 12.8. The highest BCUT2D eigenvalue weighted by molar-refractivity contribution is 5.83. The fourth-order valence-electron chi connectivity index (χ4n) is 4.80. The van der Waals surface area contributed by atoms with Gasteiger partial charge in [-0.15, -0.1) is 13.2 Å². The van der Waals surface area contributed by atoms with Gasteiger partial charge in [0.25, 0.3) is 5.56 Å². The number of nitrogens with zero attached hydrogens (tertiary/aromatic N) is 4. The first-order valence-corrected chi connectivity index (χ1v) is 12.6. The van der Waals surface area contributed by atoms with Crippen molar-refractivity contribution >= 4 is 17.1 Å². The summed E-state index contributed by atoms with van der Waals surface area (Å²) in [7, 11) is 1.68. The number of fused-ring (bicyclic) bond motifs is 1. The summed E-state index contributed by atoms with van der Waals surface area (Å²) in [6, 6.07) is 7.41. The molecule has 1 amide bonds. The average Bonchev–Trinajstić information content (AvgIpc) is 3.18. The van der Waals surface area contributed by atoms with Crippen LogP contribution in [0.3, 0.4) is 0 Å². The number of aryl methyl sites for hydroxylation is 2. The number of piperidine rings is 1. The monoisotopic (exact) mass is 534 g/mol. The number of alkyl halides is 3. The lowest BCUT2D eigenvalue weighted by atomic mass is 9.96. The van der Waals surface area contributed by atoms with E-state index in [0.717, 1.165) is 11.1 Å². The maximum Gasteiger partial charge on any atom is 0.522 e. The van der Waals surface area contributed by atoms with Gasteiger partial charge in [0.05, 0.1) is 17.6 Å². The Hall–Kier alpha value is -3.34. The lowest BCUT2D eigenvalue weighted by molar-refractivity contribution is -0.325. The van der Waals surface area contributed by atoms with E-state index in [0.29, 0.717) is 48.4 Å². The van der Waals surface area contributed by atoms with Crippen LogP contribution in [-0.4, -0.2) is 56.8 Å². The number of amides is 1. The molecule has 0 unspecified atom stereocenters. The summed E-state index contributed by atoms with van der Waals surface area (Å²) in [5.74, 6) is 0.624. The molecule has 3 aromatic rings. The van der Waals surface area contributed by atoms with Gasteiger partial charge in [0.15, 0.2) is 0 Å². The predicted octanol–water partition coefficient (Wildman–Crippen LogP) is 5.36. The number of ether oxygens (including phenoxy) is 2. The Bertz CT molecular complexity index is 1350. The molecule has 1 fully saturated rings. The van der Waals surface area contributed by atoms with E-state index in [2.05, 4.69) is 4.74 Å². The van der Waals surface area contributed by atoms with Gasteiger partial charge in [0.1, 0.15) is 11.4 Å². The minimum Gasteiger partial charge on any atom is -0.444 e. The van der Waals surface area contributed by atoms with Crippen LogP contribution in [0.25, 0.3) is 22.2 Å². The van der Waals surface area contributed by atoms with Crippen molar-refractivity contribution in [3.63, 3.8) is 0 Å². The van der Waals surface area contributed by atoms with E-state index in [1.807, 2.05) is 39.0 Å². The third kappa shape index (κ3) is 6.38. The standard InChI is InChI=1S/C27H33F3N4O4/c1-17-14-20(16-32(5)24(17)35)19-6-7-21-22(15-19)34(12-13-37-27(28,29)30)23(31-21)18-8-10-33(11-9-18)25(36)38-26(2,3)4/h6-7,14-16,18H,8-13H2,1-5H3. The fourth-order valence-corrected chi connectivity index (χ4v) is 4.80. The molecule has 4 rings (SSSR count). The fraction of sp³-hybridized carbons (Fsp3) is 0.519. The molecule has 38 heavy (non-hydrogen) atoms. The summed E-state index contributed by atoms with van der Waals surface area (Å²) in [5, 5.41) is 0. The van der Waals surface area contributed by atoms with E-state index < -0.39 is 18.6 Å². The van der Waals surface area contributed by atoms with Crippen molar-refractivity contribution in [1.29, 1.82) is 0 Å². The van der Waals surface area contributed by atoms with E-state index in [1.165, 1.54) is 4.57 Å². The minimum atomic E-state index is -4.73. The second kappa shape index (κ2) is 10.4. The van der Waals surface area contributed by atoms with E-state index in [4.69, 9.17) is 9.72 Å². The Labute approximate surface area is 219 Å². The summed E-state index contributed by atoms with van der Waals surface area (Å²) < 4.78 is 51.1. The molecule has 0 radical (unpaired) electrons. The lowest BCUT2D eigenvalue weighted by Crippen LogP contribution is -2.41. The van der Waals surface area contributed by atoms with Gasteiger partial charge in [-0.2, -0.15) is 0 Å². The number of likely N-dealkylation sites (tertiary alicyclic amines) is 1. The number of halogens is 3. The van der Waals surface area contributed by atoms with Gasteiger partial charge in [-0.1, -0.05) is 6.07 Å². The van der Waals surface area contributed by atoms with E-state index in [9.17, 15) is 22.8 Å². The SMILES string of the molecule is Cc1cc(-c2ccc3nc(C4CCN(C(=O)OC(C)(C)C)CC4)n(CCOC(F)(F)F)c3c2)cn(C)c1=O. The molecule has 0 bridgehead atoms. The summed E-state index contributed by atoms with van der Waals surface area (Å²) in [5.41, 5.74) is 2.88. The highest BCUT2D eigenvalue weighted by Gasteiger charge is 2.32. The molecule has 3 heterocycles. The zero-order valence-corrected chi connectivity index (χ0v) is 22.3. The van der Waals surface area contributed by atoms with Gasteiger partial charge in [0, 0.05) is 44.4 Å². The highest BCUT2D eigenvalue weighted by Crippen LogP contribution is 2.33. The minimum absolute atomic E-state index is 0.0343. The van der Waals surface area contributed by atoms with Crippen LogP contribution in [0, 0.1) is 6.92 Å². The molecule has 11 heteroatoms. The number of carbonyl (C=O) groups is 1. The third-order valence-electron chi connectivity index (χ3n) is 6.57. The van der Waals surface area contributed by atoms with Gasteiger partial charge in [-0.25, -0.2) is 9.78 Å². The van der Waals surface area contributed by atoms with Crippen LogP contribution in [0.1, 0.15) is 50.9 Å². The number of pyridine rings is 1. The molecule has 8 nitrogen and oxygen atoms in total. The zero-order chi connectivity index (χ0) is 27.8. The molecule has 0 spiro atoms. The first-order chi connectivity index (χ1) is 17.7. The van der Waals surface area contributed by atoms with Crippen LogP contribution in [0.2, 0.25) is 0 Å². The number of rotatable bonds is 5. The van der Waals surface area contributed by atoms with Crippen LogP contribution in [-0.2, 0) is 23.1 Å². The molecule has 1 aliphatic rings. The summed E-state index contributed by atoms with van der Waals surface area (Å²) in [4.78, 5) is 31.1. The van der Waals surface area contributed by atoms with Crippen molar-refractivity contribution in [2.24, 2.45) is 7.05 Å². The second-order valence-electron chi connectivity index (χ2n) is 10.7. The van der Waals surface area contributed by atoms with Gasteiger partial charge in [-0.05, 0) is 69.9 Å². The third-order valence-corrected chi connectivity index (χ3v) is 6.57.